The largest absolute Gasteiger partial charge is 0.378 e. The average molecular weight is 332 g/mol. The molecular formula is C13H20F4O5. The van der Waals surface area contributed by atoms with Crippen LogP contribution in [0.1, 0.15) is 6.42 Å². The van der Waals surface area contributed by atoms with Crippen LogP contribution in [-0.2, 0) is 23.7 Å². The van der Waals surface area contributed by atoms with Crippen molar-refractivity contribution in [2.45, 2.75) is 37.1 Å². The Morgan fingerprint density at radius 3 is 2.18 bits per heavy atom. The topological polar surface area (TPSA) is 52.8 Å². The van der Waals surface area contributed by atoms with Crippen molar-refractivity contribution in [3.8, 4) is 0 Å². The number of hydrogen-bond donors (Lipinski definition) is 0. The van der Waals surface area contributed by atoms with E-state index in [1.807, 2.05) is 0 Å². The van der Waals surface area contributed by atoms with Crippen molar-refractivity contribution in [2.75, 3.05) is 46.2 Å². The van der Waals surface area contributed by atoms with Crippen molar-refractivity contribution in [1.82, 2.24) is 0 Å². The van der Waals surface area contributed by atoms with Crippen LogP contribution in [0.25, 0.3) is 0 Å². The molecule has 130 valence electrons. The molecule has 2 heterocycles. The first kappa shape index (κ1) is 17.9. The van der Waals surface area contributed by atoms with E-state index in [1.54, 1.807) is 0 Å². The van der Waals surface area contributed by atoms with E-state index in [2.05, 4.69) is 0 Å². The first-order chi connectivity index (χ1) is 10.5. The normalized spacial score (nSPS) is 25.5. The van der Waals surface area contributed by atoms with Gasteiger partial charge in [-0.1, -0.05) is 0 Å². The van der Waals surface area contributed by atoms with E-state index in [-0.39, 0.29) is 25.4 Å². The molecule has 0 N–H and O–H groups in total. The van der Waals surface area contributed by atoms with E-state index in [0.717, 1.165) is 0 Å². The Hall–Kier alpha value is -0.480. The number of hydrogen-bond acceptors (Lipinski definition) is 5. The summed E-state index contributed by atoms with van der Waals surface area (Å²) in [4.78, 5) is 0. The number of epoxide rings is 2. The Morgan fingerprint density at radius 2 is 1.59 bits per heavy atom. The fourth-order valence-corrected chi connectivity index (χ4v) is 1.58. The first-order valence-electron chi connectivity index (χ1n) is 7.13. The second-order valence-corrected chi connectivity index (χ2v) is 5.29. The maximum Gasteiger partial charge on any atom is 0.309 e. The number of rotatable bonds is 13. The lowest BCUT2D eigenvalue weighted by atomic mass is 10.2. The van der Waals surface area contributed by atoms with Gasteiger partial charge < -0.3 is 23.7 Å². The molecule has 3 atom stereocenters. The van der Waals surface area contributed by atoms with Crippen molar-refractivity contribution < 1.29 is 41.2 Å². The van der Waals surface area contributed by atoms with Gasteiger partial charge in [-0.25, -0.2) is 17.6 Å². The molecule has 0 amide bonds. The fraction of sp³-hybridized carbons (Fsp3) is 1.00. The molecule has 3 unspecified atom stereocenters. The minimum Gasteiger partial charge on any atom is -0.378 e. The molecule has 2 fully saturated rings. The van der Waals surface area contributed by atoms with E-state index in [9.17, 15) is 17.6 Å². The van der Waals surface area contributed by atoms with E-state index < -0.39 is 31.5 Å². The minimum atomic E-state index is -4.03. The summed E-state index contributed by atoms with van der Waals surface area (Å²) in [7, 11) is 0. The van der Waals surface area contributed by atoms with Crippen molar-refractivity contribution >= 4 is 0 Å². The molecule has 0 saturated carbocycles. The third-order valence-corrected chi connectivity index (χ3v) is 3.13. The minimum absolute atomic E-state index is 0.00242. The van der Waals surface area contributed by atoms with Crippen LogP contribution in [0.4, 0.5) is 17.6 Å². The quantitative estimate of drug-likeness (QED) is 0.291. The summed E-state index contributed by atoms with van der Waals surface area (Å²) in [5, 5.41) is 0. The summed E-state index contributed by atoms with van der Waals surface area (Å²) in [5.74, 6) is -4.03. The molecule has 0 aromatic heterocycles. The van der Waals surface area contributed by atoms with E-state index >= 15 is 0 Å². The predicted molar refractivity (Wildman–Crippen MR) is 66.4 cm³/mol. The summed E-state index contributed by atoms with van der Waals surface area (Å²) in [5.41, 5.74) is 0. The van der Waals surface area contributed by atoms with Crippen LogP contribution >= 0.6 is 0 Å². The van der Waals surface area contributed by atoms with Gasteiger partial charge in [-0.3, -0.25) is 0 Å². The van der Waals surface area contributed by atoms with E-state index in [0.29, 0.717) is 26.4 Å². The van der Waals surface area contributed by atoms with Crippen LogP contribution in [0.15, 0.2) is 0 Å². The number of ether oxygens (including phenoxy) is 5. The standard InChI is InChI=1S/C13H20F4O5/c14-12(15)13(16,17)1-2-18-3-9(20-7-11-8-22-11)4-19-5-10-6-21-10/h9-12H,1-8H2. The maximum atomic E-state index is 12.7. The van der Waals surface area contributed by atoms with Crippen LogP contribution in [0.5, 0.6) is 0 Å². The Kier molecular flexibility index (Phi) is 6.82. The summed E-state index contributed by atoms with van der Waals surface area (Å²) in [6.45, 7) is 1.84. The van der Waals surface area contributed by atoms with Crippen LogP contribution < -0.4 is 0 Å². The number of alkyl halides is 4. The third-order valence-electron chi connectivity index (χ3n) is 3.13. The highest BCUT2D eigenvalue weighted by Crippen LogP contribution is 2.26. The maximum absolute atomic E-state index is 12.7. The molecule has 22 heavy (non-hydrogen) atoms. The second-order valence-electron chi connectivity index (χ2n) is 5.29. The summed E-state index contributed by atoms with van der Waals surface area (Å²) >= 11 is 0. The highest BCUT2D eigenvalue weighted by molar-refractivity contribution is 4.71. The lowest BCUT2D eigenvalue weighted by Gasteiger charge is -2.19. The molecule has 0 spiro atoms. The van der Waals surface area contributed by atoms with Gasteiger partial charge in [0.1, 0.15) is 18.3 Å². The lowest BCUT2D eigenvalue weighted by Crippen LogP contribution is -2.31. The molecule has 0 radical (unpaired) electrons. The molecule has 0 bridgehead atoms. The van der Waals surface area contributed by atoms with Crippen LogP contribution in [-0.4, -0.2) is 76.9 Å². The van der Waals surface area contributed by atoms with Gasteiger partial charge in [-0.15, -0.1) is 0 Å². The summed E-state index contributed by atoms with van der Waals surface area (Å²) in [6, 6.07) is 0. The molecule has 2 rings (SSSR count). The Bertz CT molecular complexity index is 324. The van der Waals surface area contributed by atoms with Gasteiger partial charge >= 0.3 is 12.3 Å². The smallest absolute Gasteiger partial charge is 0.309 e. The van der Waals surface area contributed by atoms with E-state index in [1.165, 1.54) is 0 Å². The molecule has 0 aromatic rings. The first-order valence-corrected chi connectivity index (χ1v) is 7.13. The highest BCUT2D eigenvalue weighted by atomic mass is 19.3. The van der Waals surface area contributed by atoms with Crippen LogP contribution in [0.3, 0.4) is 0 Å². The molecule has 9 heteroatoms. The van der Waals surface area contributed by atoms with Crippen LogP contribution in [0, 0.1) is 0 Å². The lowest BCUT2D eigenvalue weighted by molar-refractivity contribution is -0.145. The molecule has 2 saturated heterocycles. The Morgan fingerprint density at radius 1 is 1.00 bits per heavy atom. The zero-order valence-electron chi connectivity index (χ0n) is 12.0. The van der Waals surface area contributed by atoms with Crippen LogP contribution in [0.2, 0.25) is 0 Å². The zero-order valence-corrected chi connectivity index (χ0v) is 12.0. The van der Waals surface area contributed by atoms with E-state index in [4.69, 9.17) is 23.7 Å². The average Bonchev–Trinajstić information content (AvgIpc) is 3.34. The molecule has 0 aromatic carbocycles. The Labute approximate surface area is 125 Å². The van der Waals surface area contributed by atoms with Gasteiger partial charge in [0.25, 0.3) is 0 Å². The molecule has 2 aliphatic heterocycles. The van der Waals surface area contributed by atoms with Crippen molar-refractivity contribution in [1.29, 1.82) is 0 Å². The second kappa shape index (κ2) is 8.39. The highest BCUT2D eigenvalue weighted by Gasteiger charge is 2.40. The summed E-state index contributed by atoms with van der Waals surface area (Å²) < 4.78 is 75.3. The summed E-state index contributed by atoms with van der Waals surface area (Å²) in [6.07, 6.45) is -5.00. The Balaban J connectivity index is 1.58. The molecule has 5 nitrogen and oxygen atoms in total. The van der Waals surface area contributed by atoms with Crippen molar-refractivity contribution in [3.05, 3.63) is 0 Å². The zero-order chi connectivity index (χ0) is 16.0. The van der Waals surface area contributed by atoms with Gasteiger partial charge in [0, 0.05) is 6.42 Å². The van der Waals surface area contributed by atoms with Crippen molar-refractivity contribution in [2.24, 2.45) is 0 Å². The van der Waals surface area contributed by atoms with Gasteiger partial charge in [0.05, 0.1) is 46.2 Å². The fourth-order valence-electron chi connectivity index (χ4n) is 1.58. The molecule has 2 aliphatic rings. The SMILES string of the molecule is FC(F)C(F)(F)CCOCC(COCC1CO1)OCC1CO1. The molecule has 0 aliphatic carbocycles. The van der Waals surface area contributed by atoms with Gasteiger partial charge in [-0.2, -0.15) is 0 Å². The predicted octanol–water partition coefficient (Wildman–Crippen LogP) is 1.49. The van der Waals surface area contributed by atoms with Crippen molar-refractivity contribution in [3.63, 3.8) is 0 Å². The van der Waals surface area contributed by atoms with Gasteiger partial charge in [0.15, 0.2) is 0 Å². The molecular weight excluding hydrogens is 312 g/mol. The monoisotopic (exact) mass is 332 g/mol. The van der Waals surface area contributed by atoms with Gasteiger partial charge in [0.2, 0.25) is 0 Å². The van der Waals surface area contributed by atoms with Gasteiger partial charge in [-0.05, 0) is 0 Å². The number of halogens is 4. The third kappa shape index (κ3) is 7.19.